The summed E-state index contributed by atoms with van der Waals surface area (Å²) in [6.45, 7) is 0.315. The summed E-state index contributed by atoms with van der Waals surface area (Å²) in [7, 11) is 0. The maximum atomic E-state index is 9.68. The lowest BCUT2D eigenvalue weighted by molar-refractivity contribution is 0.468. The normalized spacial score (nSPS) is 10.2. The molecule has 0 atom stereocenters. The number of nitrogen functional groups attached to an aromatic ring is 2. The number of nitrogens with two attached hydrogens (primary N) is 2. The van der Waals surface area contributed by atoms with E-state index in [1.165, 1.54) is 6.07 Å². The lowest BCUT2D eigenvalue weighted by Gasteiger charge is -2.12. The van der Waals surface area contributed by atoms with Crippen molar-refractivity contribution in [1.82, 2.24) is 0 Å². The van der Waals surface area contributed by atoms with Crippen LogP contribution in [0.3, 0.4) is 0 Å². The van der Waals surface area contributed by atoms with Gasteiger partial charge >= 0.3 is 0 Å². The van der Waals surface area contributed by atoms with Crippen LogP contribution in [0.15, 0.2) is 36.4 Å². The van der Waals surface area contributed by atoms with Gasteiger partial charge in [0.2, 0.25) is 0 Å². The Labute approximate surface area is 105 Å². The summed E-state index contributed by atoms with van der Waals surface area (Å²) in [4.78, 5) is 0. The van der Waals surface area contributed by atoms with E-state index in [1.807, 2.05) is 0 Å². The zero-order valence-electron chi connectivity index (χ0n) is 9.72. The second-order valence-electron chi connectivity index (χ2n) is 3.98. The molecule has 0 spiro atoms. The highest BCUT2D eigenvalue weighted by molar-refractivity contribution is 5.63. The molecular formula is C13H15N3O2. The largest absolute Gasteiger partial charge is 0.508 e. The van der Waals surface area contributed by atoms with Gasteiger partial charge in [0.15, 0.2) is 0 Å². The van der Waals surface area contributed by atoms with Crippen molar-refractivity contribution in [3.05, 3.63) is 42.0 Å². The summed E-state index contributed by atoms with van der Waals surface area (Å²) in [6.07, 6.45) is 0. The van der Waals surface area contributed by atoms with Crippen molar-refractivity contribution in [1.29, 1.82) is 0 Å². The molecule has 2 rings (SSSR count). The Balaban J connectivity index is 2.16. The van der Waals surface area contributed by atoms with Gasteiger partial charge in [-0.1, -0.05) is 6.07 Å². The van der Waals surface area contributed by atoms with Crippen LogP contribution >= 0.6 is 0 Å². The van der Waals surface area contributed by atoms with E-state index in [9.17, 15) is 10.2 Å². The molecule has 18 heavy (non-hydrogen) atoms. The third-order valence-electron chi connectivity index (χ3n) is 2.66. The molecule has 0 saturated carbocycles. The molecule has 0 saturated heterocycles. The highest BCUT2D eigenvalue weighted by atomic mass is 16.3. The van der Waals surface area contributed by atoms with Crippen LogP contribution < -0.4 is 16.8 Å². The molecule has 94 valence electrons. The molecule has 0 radical (unpaired) electrons. The number of hydrogen-bond donors (Lipinski definition) is 5. The molecule has 0 amide bonds. The number of rotatable bonds is 3. The van der Waals surface area contributed by atoms with E-state index < -0.39 is 0 Å². The highest BCUT2D eigenvalue weighted by Gasteiger charge is 2.06. The molecule has 0 aromatic heterocycles. The second kappa shape index (κ2) is 4.75. The van der Waals surface area contributed by atoms with Gasteiger partial charge in [0.1, 0.15) is 11.5 Å². The van der Waals surface area contributed by atoms with Crippen LogP contribution in [0.1, 0.15) is 5.56 Å². The van der Waals surface area contributed by atoms with Gasteiger partial charge in [0, 0.05) is 29.5 Å². The summed E-state index contributed by atoms with van der Waals surface area (Å²) in [5.41, 5.74) is 13.4. The number of phenolic OH excluding ortho intramolecular Hbond substituents is 2. The van der Waals surface area contributed by atoms with Crippen molar-refractivity contribution in [2.75, 3.05) is 16.8 Å². The first kappa shape index (κ1) is 11.9. The van der Waals surface area contributed by atoms with Crippen LogP contribution in [0.25, 0.3) is 0 Å². The summed E-state index contributed by atoms with van der Waals surface area (Å²) >= 11 is 0. The summed E-state index contributed by atoms with van der Waals surface area (Å²) < 4.78 is 0. The maximum absolute atomic E-state index is 9.68. The van der Waals surface area contributed by atoms with Gasteiger partial charge in [-0.15, -0.1) is 0 Å². The first-order valence-corrected chi connectivity index (χ1v) is 5.46. The van der Waals surface area contributed by atoms with Gasteiger partial charge in [-0.05, 0) is 24.3 Å². The summed E-state index contributed by atoms with van der Waals surface area (Å²) in [5, 5.41) is 22.3. The van der Waals surface area contributed by atoms with Gasteiger partial charge in [-0.25, -0.2) is 0 Å². The second-order valence-corrected chi connectivity index (χ2v) is 3.98. The Morgan fingerprint density at radius 3 is 2.44 bits per heavy atom. The van der Waals surface area contributed by atoms with Crippen LogP contribution in [0, 0.1) is 0 Å². The minimum Gasteiger partial charge on any atom is -0.508 e. The molecule has 0 aliphatic carbocycles. The number of hydrogen-bond acceptors (Lipinski definition) is 5. The fraction of sp³-hybridized carbons (Fsp3) is 0.0769. The monoisotopic (exact) mass is 245 g/mol. The van der Waals surface area contributed by atoms with Crippen molar-refractivity contribution in [2.45, 2.75) is 6.54 Å². The summed E-state index contributed by atoms with van der Waals surface area (Å²) in [6, 6.07) is 9.75. The fourth-order valence-electron chi connectivity index (χ4n) is 1.67. The molecule has 0 bridgehead atoms. The van der Waals surface area contributed by atoms with Crippen molar-refractivity contribution in [3.63, 3.8) is 0 Å². The number of anilines is 3. The number of nitrogens with one attached hydrogen (secondary N) is 1. The number of aromatic hydroxyl groups is 2. The molecule has 0 unspecified atom stereocenters. The Kier molecular flexibility index (Phi) is 3.14. The van der Waals surface area contributed by atoms with Crippen LogP contribution in [0.4, 0.5) is 17.1 Å². The van der Waals surface area contributed by atoms with Crippen molar-refractivity contribution < 1.29 is 10.2 Å². The Bertz CT molecular complexity index is 550. The average molecular weight is 245 g/mol. The molecule has 2 aromatic carbocycles. The van der Waals surface area contributed by atoms with Gasteiger partial charge in [0.05, 0.1) is 5.69 Å². The first-order valence-electron chi connectivity index (χ1n) is 5.46. The third-order valence-corrected chi connectivity index (χ3v) is 2.66. The molecule has 7 N–H and O–H groups in total. The van der Waals surface area contributed by atoms with Gasteiger partial charge < -0.3 is 27.0 Å². The Hall–Kier alpha value is -2.56. The Morgan fingerprint density at radius 2 is 1.78 bits per heavy atom. The highest BCUT2D eigenvalue weighted by Crippen LogP contribution is 2.28. The van der Waals surface area contributed by atoms with E-state index in [0.29, 0.717) is 29.2 Å². The smallest absolute Gasteiger partial charge is 0.140 e. The molecular weight excluding hydrogens is 230 g/mol. The van der Waals surface area contributed by atoms with Gasteiger partial charge in [-0.2, -0.15) is 0 Å². The maximum Gasteiger partial charge on any atom is 0.140 e. The van der Waals surface area contributed by atoms with E-state index in [1.54, 1.807) is 30.3 Å². The van der Waals surface area contributed by atoms with E-state index in [-0.39, 0.29) is 11.5 Å². The van der Waals surface area contributed by atoms with E-state index in [4.69, 9.17) is 11.5 Å². The lowest BCUT2D eigenvalue weighted by atomic mass is 10.1. The zero-order valence-corrected chi connectivity index (χ0v) is 9.72. The molecule has 2 aromatic rings. The quantitative estimate of drug-likeness (QED) is 0.419. The lowest BCUT2D eigenvalue weighted by Crippen LogP contribution is -2.03. The molecule has 5 heteroatoms. The van der Waals surface area contributed by atoms with Crippen molar-refractivity contribution >= 4 is 17.1 Å². The molecule has 5 nitrogen and oxygen atoms in total. The molecule has 0 aliphatic heterocycles. The van der Waals surface area contributed by atoms with Crippen LogP contribution in [0.2, 0.25) is 0 Å². The fourth-order valence-corrected chi connectivity index (χ4v) is 1.67. The van der Waals surface area contributed by atoms with Crippen molar-refractivity contribution in [3.8, 4) is 11.5 Å². The average Bonchev–Trinajstić information content (AvgIpc) is 2.31. The standard InChI is InChI=1S/C13H15N3O2/c14-8-4-5-11(13(18)6-8)16-7-9-10(15)2-1-3-12(9)17/h1-6,16-18H,7,14-15H2. The van der Waals surface area contributed by atoms with Gasteiger partial charge in [0.25, 0.3) is 0 Å². The van der Waals surface area contributed by atoms with E-state index in [2.05, 4.69) is 5.32 Å². The zero-order chi connectivity index (χ0) is 13.1. The number of benzene rings is 2. The predicted molar refractivity (Wildman–Crippen MR) is 72.4 cm³/mol. The summed E-state index contributed by atoms with van der Waals surface area (Å²) in [5.74, 6) is 0.182. The molecule has 0 aliphatic rings. The minimum atomic E-state index is 0.0593. The molecule has 0 heterocycles. The van der Waals surface area contributed by atoms with Crippen LogP contribution in [0.5, 0.6) is 11.5 Å². The van der Waals surface area contributed by atoms with E-state index in [0.717, 1.165) is 0 Å². The van der Waals surface area contributed by atoms with Crippen molar-refractivity contribution in [2.24, 2.45) is 0 Å². The minimum absolute atomic E-state index is 0.0593. The molecule has 0 fully saturated rings. The van der Waals surface area contributed by atoms with Crippen LogP contribution in [-0.2, 0) is 6.54 Å². The predicted octanol–water partition coefficient (Wildman–Crippen LogP) is 1.87. The SMILES string of the molecule is Nc1ccc(NCc2c(N)cccc2O)c(O)c1. The van der Waals surface area contributed by atoms with E-state index >= 15 is 0 Å². The number of phenols is 2. The first-order chi connectivity index (χ1) is 8.58. The van der Waals surface area contributed by atoms with Crippen LogP contribution in [-0.4, -0.2) is 10.2 Å². The Morgan fingerprint density at radius 1 is 1.00 bits per heavy atom. The van der Waals surface area contributed by atoms with Gasteiger partial charge in [-0.3, -0.25) is 0 Å². The third kappa shape index (κ3) is 2.40. The topological polar surface area (TPSA) is 105 Å².